The smallest absolute Gasteiger partial charge is 0.338 e. The van der Waals surface area contributed by atoms with Crippen LogP contribution in [-0.4, -0.2) is 24.3 Å². The highest BCUT2D eigenvalue weighted by Gasteiger charge is 2.30. The van der Waals surface area contributed by atoms with E-state index in [2.05, 4.69) is 10.1 Å². The minimum absolute atomic E-state index is 0.0415. The highest BCUT2D eigenvalue weighted by Crippen LogP contribution is 2.32. The van der Waals surface area contributed by atoms with Crippen molar-refractivity contribution in [3.8, 4) is 17.1 Å². The summed E-state index contributed by atoms with van der Waals surface area (Å²) in [5, 5.41) is 4.21. The fourth-order valence-corrected chi connectivity index (χ4v) is 5.60. The maximum absolute atomic E-state index is 13.0. The number of benzene rings is 2. The van der Waals surface area contributed by atoms with Gasteiger partial charge in [0.15, 0.2) is 14.8 Å². The summed E-state index contributed by atoms with van der Waals surface area (Å²) < 4.78 is 48.4. The molecule has 0 atom stereocenters. The second-order valence-corrected chi connectivity index (χ2v) is 10.4. The molecule has 5 rings (SSSR count). The summed E-state index contributed by atoms with van der Waals surface area (Å²) in [6.07, 6.45) is -4.48. The molecule has 7 nitrogen and oxygen atoms in total. The van der Waals surface area contributed by atoms with Gasteiger partial charge in [0.2, 0.25) is 11.7 Å². The Kier molecular flexibility index (Phi) is 6.30. The van der Waals surface area contributed by atoms with Crippen LogP contribution in [-0.2, 0) is 19.0 Å². The lowest BCUT2D eigenvalue weighted by atomic mass is 10.1. The van der Waals surface area contributed by atoms with Gasteiger partial charge >= 0.3 is 6.18 Å². The van der Waals surface area contributed by atoms with Crippen LogP contribution in [0.25, 0.3) is 27.4 Å². The topological polar surface area (TPSA) is 78.7 Å². The molecule has 13 heteroatoms. The summed E-state index contributed by atoms with van der Waals surface area (Å²) >= 11 is 7.91. The van der Waals surface area contributed by atoms with Gasteiger partial charge < -0.3 is 4.52 Å². The molecule has 0 aliphatic carbocycles. The summed E-state index contributed by atoms with van der Waals surface area (Å²) in [5.74, 6) is 0.384. The van der Waals surface area contributed by atoms with Gasteiger partial charge in [-0.3, -0.25) is 13.9 Å². The lowest BCUT2D eigenvalue weighted by Crippen LogP contribution is -2.19. The van der Waals surface area contributed by atoms with E-state index in [1.54, 1.807) is 11.6 Å². The quantitative estimate of drug-likeness (QED) is 0.148. The molecule has 0 N–H and O–H groups in total. The lowest BCUT2D eigenvalue weighted by molar-refractivity contribution is -0.137. The number of nitrogens with zero attached hydrogens (tertiary/aromatic N) is 5. The zero-order valence-electron chi connectivity index (χ0n) is 18.7. The first kappa shape index (κ1) is 24.4. The van der Waals surface area contributed by atoms with Crippen molar-refractivity contribution in [3.63, 3.8) is 0 Å². The van der Waals surface area contributed by atoms with Crippen LogP contribution >= 0.6 is 35.3 Å². The van der Waals surface area contributed by atoms with E-state index < -0.39 is 11.7 Å². The highest BCUT2D eigenvalue weighted by atomic mass is 32.2. The predicted molar refractivity (Wildman–Crippen MR) is 134 cm³/mol. The van der Waals surface area contributed by atoms with Crippen molar-refractivity contribution in [3.05, 3.63) is 79.9 Å². The summed E-state index contributed by atoms with van der Waals surface area (Å²) in [6, 6.07) is 12.4. The van der Waals surface area contributed by atoms with Crippen LogP contribution in [0.1, 0.15) is 17.0 Å². The number of hydrogen-bond acceptors (Lipinski definition) is 8. The molecule has 184 valence electrons. The molecule has 0 bridgehead atoms. The van der Waals surface area contributed by atoms with Gasteiger partial charge in [-0.25, -0.2) is 4.98 Å². The maximum atomic E-state index is 13.0. The van der Waals surface area contributed by atoms with Crippen LogP contribution in [0.3, 0.4) is 0 Å². The fraction of sp³-hybridized carbons (Fsp3) is 0.174. The van der Waals surface area contributed by atoms with Crippen molar-refractivity contribution in [2.75, 3.05) is 0 Å². The molecule has 0 amide bonds. The maximum Gasteiger partial charge on any atom is 0.416 e. The Balaban J connectivity index is 1.45. The predicted octanol–water partition coefficient (Wildman–Crippen LogP) is 6.18. The van der Waals surface area contributed by atoms with Gasteiger partial charge in [0.25, 0.3) is 5.56 Å². The van der Waals surface area contributed by atoms with Crippen LogP contribution in [0.15, 0.2) is 63.0 Å². The zero-order chi connectivity index (χ0) is 25.6. The van der Waals surface area contributed by atoms with Crippen molar-refractivity contribution in [1.29, 1.82) is 0 Å². The number of aromatic nitrogens is 5. The Bertz CT molecular complexity index is 1700. The van der Waals surface area contributed by atoms with Crippen LogP contribution in [0, 0.1) is 10.9 Å². The van der Waals surface area contributed by atoms with Gasteiger partial charge in [-0.2, -0.15) is 18.2 Å². The Morgan fingerprint density at radius 2 is 1.89 bits per heavy atom. The number of thioether (sulfide) groups is 1. The number of halogens is 3. The molecular weight excluding hydrogens is 531 g/mol. The average Bonchev–Trinajstić information content (AvgIpc) is 3.45. The van der Waals surface area contributed by atoms with Crippen LogP contribution in [0.2, 0.25) is 0 Å². The van der Waals surface area contributed by atoms with Crippen molar-refractivity contribution in [2.45, 2.75) is 24.0 Å². The first-order chi connectivity index (χ1) is 17.1. The molecular formula is C23H16F3N5O2S3. The largest absolute Gasteiger partial charge is 0.416 e. The SMILES string of the molecule is Cc1ccc(-n2c(=S)sc3c(=O)n(C)c(SCc4nc(-c5cccc(C(F)(F)F)c5)no4)nc32)cc1. The standard InChI is InChI=1S/C23H16F3N5O2S3/c1-12-6-8-15(9-7-12)31-19-17(36-22(31)34)20(32)30(2)21(28-19)35-11-16-27-18(29-33-16)13-4-3-5-14(10-13)23(24,25)26/h3-10H,11H2,1-2H3. The van der Waals surface area contributed by atoms with E-state index in [-0.39, 0.29) is 28.6 Å². The second-order valence-electron chi connectivity index (χ2n) is 7.83. The van der Waals surface area contributed by atoms with Crippen molar-refractivity contribution < 1.29 is 17.7 Å². The summed E-state index contributed by atoms with van der Waals surface area (Å²) in [6.45, 7) is 1.98. The van der Waals surface area contributed by atoms with Crippen LogP contribution in [0.4, 0.5) is 13.2 Å². The van der Waals surface area contributed by atoms with E-state index in [4.69, 9.17) is 21.7 Å². The van der Waals surface area contributed by atoms with Gasteiger partial charge in [0.1, 0.15) is 4.70 Å². The number of thiazole rings is 1. The summed E-state index contributed by atoms with van der Waals surface area (Å²) in [4.78, 5) is 21.9. The van der Waals surface area contributed by atoms with Crippen molar-refractivity contribution in [2.24, 2.45) is 7.05 Å². The molecule has 3 heterocycles. The number of fused-ring (bicyclic) bond motifs is 1. The molecule has 0 saturated heterocycles. The van der Waals surface area contributed by atoms with Crippen molar-refractivity contribution >= 4 is 45.7 Å². The Morgan fingerprint density at radius 3 is 2.61 bits per heavy atom. The minimum Gasteiger partial charge on any atom is -0.338 e. The molecule has 0 aliphatic heterocycles. The molecule has 0 saturated carbocycles. The lowest BCUT2D eigenvalue weighted by Gasteiger charge is -2.08. The monoisotopic (exact) mass is 547 g/mol. The highest BCUT2D eigenvalue weighted by molar-refractivity contribution is 7.98. The molecule has 5 aromatic rings. The van der Waals surface area contributed by atoms with Crippen molar-refractivity contribution in [1.82, 2.24) is 24.3 Å². The molecule has 2 aromatic carbocycles. The summed E-state index contributed by atoms with van der Waals surface area (Å²) in [7, 11) is 1.61. The first-order valence-corrected chi connectivity index (χ1v) is 12.7. The van der Waals surface area contributed by atoms with Crippen LogP contribution < -0.4 is 5.56 Å². The molecule has 3 aromatic heterocycles. The van der Waals surface area contributed by atoms with Gasteiger partial charge in [-0.05, 0) is 43.4 Å². The molecule has 0 spiro atoms. The van der Waals surface area contributed by atoms with E-state index in [0.717, 1.165) is 23.4 Å². The number of hydrogen-bond donors (Lipinski definition) is 0. The van der Waals surface area contributed by atoms with E-state index in [9.17, 15) is 18.0 Å². The third-order valence-electron chi connectivity index (χ3n) is 5.31. The van der Waals surface area contributed by atoms with E-state index in [1.165, 1.54) is 39.8 Å². The third kappa shape index (κ3) is 4.61. The number of aryl methyl sites for hydroxylation is 1. The Morgan fingerprint density at radius 1 is 1.14 bits per heavy atom. The van der Waals surface area contributed by atoms with E-state index in [1.807, 2.05) is 31.2 Å². The summed E-state index contributed by atoms with van der Waals surface area (Å²) in [5.41, 5.74) is 1.50. The van der Waals surface area contributed by atoms with E-state index in [0.29, 0.717) is 19.5 Å². The fourth-order valence-electron chi connectivity index (χ4n) is 3.45. The van der Waals surface area contributed by atoms with E-state index >= 15 is 0 Å². The number of alkyl halides is 3. The van der Waals surface area contributed by atoms with Gasteiger partial charge in [0, 0.05) is 18.3 Å². The third-order valence-corrected chi connectivity index (χ3v) is 7.67. The molecule has 0 fully saturated rings. The molecule has 0 unspecified atom stereocenters. The van der Waals surface area contributed by atoms with Gasteiger partial charge in [-0.1, -0.05) is 58.1 Å². The Labute approximate surface area is 215 Å². The molecule has 0 radical (unpaired) electrons. The second kappa shape index (κ2) is 9.30. The van der Waals surface area contributed by atoms with Gasteiger partial charge in [0.05, 0.1) is 11.3 Å². The zero-order valence-corrected chi connectivity index (χ0v) is 21.2. The minimum atomic E-state index is -4.48. The molecule has 36 heavy (non-hydrogen) atoms. The molecule has 0 aliphatic rings. The average molecular weight is 548 g/mol. The number of rotatable bonds is 5. The first-order valence-electron chi connectivity index (χ1n) is 10.4. The normalized spacial score (nSPS) is 11.9. The Hall–Kier alpha value is -3.29. The van der Waals surface area contributed by atoms with Gasteiger partial charge in [-0.15, -0.1) is 0 Å². The van der Waals surface area contributed by atoms with Crippen LogP contribution in [0.5, 0.6) is 0 Å².